The molecular formula is C18H25N5O. The first-order chi connectivity index (χ1) is 11.5. The summed E-state index contributed by atoms with van der Waals surface area (Å²) >= 11 is 0. The van der Waals surface area contributed by atoms with E-state index in [-0.39, 0.29) is 5.41 Å². The largest absolute Gasteiger partial charge is 0.360 e. The summed E-state index contributed by atoms with van der Waals surface area (Å²) in [6, 6.07) is 4.11. The van der Waals surface area contributed by atoms with Crippen LogP contribution < -0.4 is 4.90 Å². The van der Waals surface area contributed by atoms with Gasteiger partial charge in [-0.25, -0.2) is 9.97 Å². The Bertz CT molecular complexity index is 680. The van der Waals surface area contributed by atoms with Gasteiger partial charge in [0.1, 0.15) is 12.1 Å². The molecule has 2 aliphatic rings. The van der Waals surface area contributed by atoms with Crippen molar-refractivity contribution in [3.8, 4) is 0 Å². The van der Waals surface area contributed by atoms with Crippen LogP contribution in [0.1, 0.15) is 32.2 Å². The Labute approximate surface area is 142 Å². The number of nitrogens with zero attached hydrogens (tertiary/aromatic N) is 5. The van der Waals surface area contributed by atoms with E-state index in [0.717, 1.165) is 50.0 Å². The van der Waals surface area contributed by atoms with Gasteiger partial charge in [-0.15, -0.1) is 0 Å². The minimum atomic E-state index is 0.0567. The van der Waals surface area contributed by atoms with E-state index in [9.17, 15) is 0 Å². The van der Waals surface area contributed by atoms with Crippen LogP contribution in [0.5, 0.6) is 0 Å². The molecule has 4 rings (SSSR count). The Morgan fingerprint density at radius 1 is 1.12 bits per heavy atom. The van der Waals surface area contributed by atoms with Crippen LogP contribution in [0.2, 0.25) is 0 Å². The third-order valence-electron chi connectivity index (χ3n) is 5.18. The predicted molar refractivity (Wildman–Crippen MR) is 91.7 cm³/mol. The maximum atomic E-state index is 5.23. The van der Waals surface area contributed by atoms with Gasteiger partial charge in [0.15, 0.2) is 5.76 Å². The Morgan fingerprint density at radius 2 is 1.88 bits per heavy atom. The standard InChI is InChI=1S/C18H25N5O/c1-18(2,3)16-6-17(20-12-19-16)23-9-13-7-22(8-14(13)10-23)11-15-4-5-21-24-15/h4-6,12-14H,7-11H2,1-3H3. The summed E-state index contributed by atoms with van der Waals surface area (Å²) in [4.78, 5) is 13.9. The lowest BCUT2D eigenvalue weighted by molar-refractivity contribution is 0.261. The summed E-state index contributed by atoms with van der Waals surface area (Å²) in [6.07, 6.45) is 3.43. The zero-order chi connectivity index (χ0) is 16.7. The van der Waals surface area contributed by atoms with Crippen molar-refractivity contribution < 1.29 is 4.52 Å². The van der Waals surface area contributed by atoms with Gasteiger partial charge >= 0.3 is 0 Å². The molecule has 24 heavy (non-hydrogen) atoms. The lowest BCUT2D eigenvalue weighted by Gasteiger charge is -2.23. The zero-order valence-corrected chi connectivity index (χ0v) is 14.6. The molecule has 0 bridgehead atoms. The molecule has 0 N–H and O–H groups in total. The molecule has 0 aliphatic carbocycles. The van der Waals surface area contributed by atoms with Crippen molar-refractivity contribution >= 4 is 5.82 Å². The second-order valence-electron chi connectivity index (χ2n) is 8.11. The van der Waals surface area contributed by atoms with Crippen LogP contribution in [-0.2, 0) is 12.0 Å². The van der Waals surface area contributed by atoms with Crippen LogP contribution >= 0.6 is 0 Å². The van der Waals surface area contributed by atoms with E-state index in [1.165, 1.54) is 0 Å². The van der Waals surface area contributed by atoms with Crippen molar-refractivity contribution in [1.29, 1.82) is 0 Å². The van der Waals surface area contributed by atoms with Gasteiger partial charge in [0.25, 0.3) is 0 Å². The number of rotatable bonds is 3. The Balaban J connectivity index is 1.41. The fraction of sp³-hybridized carbons (Fsp3) is 0.611. The van der Waals surface area contributed by atoms with Crippen LogP contribution in [0.4, 0.5) is 5.82 Å². The van der Waals surface area contributed by atoms with Gasteiger partial charge < -0.3 is 9.42 Å². The zero-order valence-electron chi connectivity index (χ0n) is 14.6. The molecule has 2 saturated heterocycles. The maximum Gasteiger partial charge on any atom is 0.150 e. The van der Waals surface area contributed by atoms with Crippen LogP contribution in [-0.4, -0.2) is 46.2 Å². The fourth-order valence-corrected chi connectivity index (χ4v) is 3.88. The van der Waals surface area contributed by atoms with Crippen molar-refractivity contribution in [3.63, 3.8) is 0 Å². The second-order valence-corrected chi connectivity index (χ2v) is 8.11. The normalized spacial score (nSPS) is 24.5. The molecule has 2 aromatic heterocycles. The van der Waals surface area contributed by atoms with Gasteiger partial charge in [-0.1, -0.05) is 25.9 Å². The van der Waals surface area contributed by atoms with E-state index in [2.05, 4.69) is 51.8 Å². The average Bonchev–Trinajstić information content (AvgIpc) is 3.23. The highest BCUT2D eigenvalue weighted by molar-refractivity contribution is 5.42. The molecule has 0 saturated carbocycles. The number of likely N-dealkylation sites (tertiary alicyclic amines) is 1. The average molecular weight is 327 g/mol. The van der Waals surface area contributed by atoms with Crippen molar-refractivity contribution in [2.45, 2.75) is 32.7 Å². The van der Waals surface area contributed by atoms with Crippen LogP contribution in [0.25, 0.3) is 0 Å². The molecule has 0 spiro atoms. The van der Waals surface area contributed by atoms with E-state index in [1.807, 2.05) is 6.07 Å². The lowest BCUT2D eigenvalue weighted by Crippen LogP contribution is -2.29. The van der Waals surface area contributed by atoms with E-state index in [1.54, 1.807) is 12.5 Å². The smallest absolute Gasteiger partial charge is 0.150 e. The molecule has 2 unspecified atom stereocenters. The highest BCUT2D eigenvalue weighted by atomic mass is 16.5. The SMILES string of the molecule is CC(C)(C)c1cc(N2CC3CN(Cc4ccno4)CC3C2)ncn1. The molecule has 6 heteroatoms. The van der Waals surface area contributed by atoms with E-state index < -0.39 is 0 Å². The summed E-state index contributed by atoms with van der Waals surface area (Å²) in [5.41, 5.74) is 1.16. The predicted octanol–water partition coefficient (Wildman–Crippen LogP) is 2.33. The maximum absolute atomic E-state index is 5.23. The van der Waals surface area contributed by atoms with Gasteiger partial charge in [0.2, 0.25) is 0 Å². The molecule has 2 aliphatic heterocycles. The first-order valence-electron chi connectivity index (χ1n) is 8.68. The highest BCUT2D eigenvalue weighted by Crippen LogP contribution is 2.34. The fourth-order valence-electron chi connectivity index (χ4n) is 3.88. The van der Waals surface area contributed by atoms with Gasteiger partial charge in [-0.05, 0) is 11.8 Å². The Hall–Kier alpha value is -1.95. The number of aromatic nitrogens is 3. The summed E-state index contributed by atoms with van der Waals surface area (Å²) in [6.45, 7) is 11.9. The van der Waals surface area contributed by atoms with Crippen LogP contribution in [0.15, 0.2) is 29.2 Å². The third-order valence-corrected chi connectivity index (χ3v) is 5.18. The summed E-state index contributed by atoms with van der Waals surface area (Å²) in [7, 11) is 0. The molecule has 0 aromatic carbocycles. The minimum absolute atomic E-state index is 0.0567. The second kappa shape index (κ2) is 5.84. The Kier molecular flexibility index (Phi) is 3.79. The van der Waals surface area contributed by atoms with Crippen LogP contribution in [0.3, 0.4) is 0 Å². The minimum Gasteiger partial charge on any atom is -0.360 e. The Morgan fingerprint density at radius 3 is 2.50 bits per heavy atom. The summed E-state index contributed by atoms with van der Waals surface area (Å²) < 4.78 is 5.23. The molecule has 0 amide bonds. The summed E-state index contributed by atoms with van der Waals surface area (Å²) in [5, 5.41) is 3.79. The molecule has 4 heterocycles. The topological polar surface area (TPSA) is 58.3 Å². The highest BCUT2D eigenvalue weighted by Gasteiger charge is 2.40. The molecule has 2 atom stereocenters. The van der Waals surface area contributed by atoms with E-state index in [0.29, 0.717) is 11.8 Å². The molecule has 128 valence electrons. The number of hydrogen-bond donors (Lipinski definition) is 0. The van der Waals surface area contributed by atoms with Gasteiger partial charge in [0, 0.05) is 43.7 Å². The van der Waals surface area contributed by atoms with E-state index >= 15 is 0 Å². The van der Waals surface area contributed by atoms with Gasteiger partial charge in [0.05, 0.1) is 18.4 Å². The van der Waals surface area contributed by atoms with Crippen molar-refractivity contribution in [2.24, 2.45) is 11.8 Å². The third kappa shape index (κ3) is 3.02. The first-order valence-corrected chi connectivity index (χ1v) is 8.68. The first kappa shape index (κ1) is 15.6. The lowest BCUT2D eigenvalue weighted by atomic mass is 9.92. The molecule has 6 nitrogen and oxygen atoms in total. The summed E-state index contributed by atoms with van der Waals surface area (Å²) in [5.74, 6) is 3.45. The quantitative estimate of drug-likeness (QED) is 0.862. The molecule has 2 aromatic rings. The number of hydrogen-bond acceptors (Lipinski definition) is 6. The number of fused-ring (bicyclic) bond motifs is 1. The van der Waals surface area contributed by atoms with Crippen molar-refractivity contribution in [1.82, 2.24) is 20.0 Å². The molecule has 0 radical (unpaired) electrons. The van der Waals surface area contributed by atoms with Gasteiger partial charge in [-0.2, -0.15) is 0 Å². The monoisotopic (exact) mass is 327 g/mol. The molecule has 2 fully saturated rings. The van der Waals surface area contributed by atoms with Crippen LogP contribution in [0, 0.1) is 11.8 Å². The van der Waals surface area contributed by atoms with Crippen molar-refractivity contribution in [2.75, 3.05) is 31.1 Å². The molecular weight excluding hydrogens is 302 g/mol. The number of anilines is 1. The van der Waals surface area contributed by atoms with Crippen molar-refractivity contribution in [3.05, 3.63) is 36.1 Å². The van der Waals surface area contributed by atoms with Gasteiger partial charge in [-0.3, -0.25) is 4.90 Å². The van der Waals surface area contributed by atoms with E-state index in [4.69, 9.17) is 4.52 Å².